The van der Waals surface area contributed by atoms with Gasteiger partial charge in [0.05, 0.1) is 7.11 Å². The molecule has 0 amide bonds. The molecule has 0 atom stereocenters. The summed E-state index contributed by atoms with van der Waals surface area (Å²) < 4.78 is 45.1. The quantitative estimate of drug-likeness (QED) is 0.771. The number of hydrogen-bond acceptors (Lipinski definition) is 3. The molecular formula is C11H11F3O3. The molecule has 0 aromatic heterocycles. The van der Waals surface area contributed by atoms with Crippen LogP contribution < -0.4 is 4.74 Å². The van der Waals surface area contributed by atoms with Gasteiger partial charge in [0, 0.05) is 0 Å². The van der Waals surface area contributed by atoms with Crippen LogP contribution in [0.5, 0.6) is 5.75 Å². The molecule has 1 rings (SSSR count). The Morgan fingerprint density at radius 1 is 1.35 bits per heavy atom. The number of carbonyl (C=O) groups is 1. The van der Waals surface area contributed by atoms with Crippen molar-refractivity contribution in [2.75, 3.05) is 13.7 Å². The van der Waals surface area contributed by atoms with Crippen LogP contribution in [-0.2, 0) is 4.74 Å². The number of halogens is 3. The van der Waals surface area contributed by atoms with E-state index in [1.807, 2.05) is 0 Å². The summed E-state index contributed by atoms with van der Waals surface area (Å²) >= 11 is 0. The number of ether oxygens (including phenoxy) is 2. The van der Waals surface area contributed by atoms with Gasteiger partial charge in [0.1, 0.15) is 11.3 Å². The summed E-state index contributed by atoms with van der Waals surface area (Å²) in [7, 11) is 1.15. The van der Waals surface area contributed by atoms with Gasteiger partial charge < -0.3 is 9.47 Å². The number of alkyl halides is 3. The second kappa shape index (κ2) is 5.07. The highest BCUT2D eigenvalue weighted by Gasteiger charge is 2.29. The molecule has 94 valence electrons. The lowest BCUT2D eigenvalue weighted by Gasteiger charge is -2.12. The second-order valence-electron chi connectivity index (χ2n) is 3.40. The minimum Gasteiger partial charge on any atom is -0.483 e. The molecule has 0 heterocycles. The van der Waals surface area contributed by atoms with Crippen LogP contribution in [0.3, 0.4) is 0 Å². The first kappa shape index (κ1) is 13.3. The maximum absolute atomic E-state index is 12.0. The van der Waals surface area contributed by atoms with Gasteiger partial charge in [-0.05, 0) is 24.6 Å². The molecule has 0 N–H and O–H groups in total. The van der Waals surface area contributed by atoms with Crippen molar-refractivity contribution in [3.8, 4) is 5.75 Å². The Labute approximate surface area is 96.1 Å². The molecule has 0 bridgehead atoms. The molecule has 0 saturated carbocycles. The first-order valence-corrected chi connectivity index (χ1v) is 4.72. The van der Waals surface area contributed by atoms with Gasteiger partial charge in [-0.15, -0.1) is 0 Å². The molecule has 3 nitrogen and oxygen atoms in total. The molecule has 0 saturated heterocycles. The summed E-state index contributed by atoms with van der Waals surface area (Å²) in [6.07, 6.45) is -4.45. The number of benzene rings is 1. The largest absolute Gasteiger partial charge is 0.483 e. The third-order valence-corrected chi connectivity index (χ3v) is 1.93. The molecule has 1 aromatic carbocycles. The number of carbonyl (C=O) groups excluding carboxylic acids is 1. The van der Waals surface area contributed by atoms with E-state index in [0.717, 1.165) is 7.11 Å². The average molecular weight is 248 g/mol. The van der Waals surface area contributed by atoms with E-state index in [1.165, 1.54) is 12.1 Å². The van der Waals surface area contributed by atoms with Crippen molar-refractivity contribution in [1.82, 2.24) is 0 Å². The van der Waals surface area contributed by atoms with Crippen molar-refractivity contribution >= 4 is 5.97 Å². The fourth-order valence-electron chi connectivity index (χ4n) is 1.19. The Balaban J connectivity index is 2.95. The van der Waals surface area contributed by atoms with Gasteiger partial charge in [-0.1, -0.05) is 6.07 Å². The van der Waals surface area contributed by atoms with Gasteiger partial charge in [0.15, 0.2) is 6.61 Å². The van der Waals surface area contributed by atoms with Crippen molar-refractivity contribution < 1.29 is 27.4 Å². The summed E-state index contributed by atoms with van der Waals surface area (Å²) in [6.45, 7) is 0.238. The van der Waals surface area contributed by atoms with Crippen LogP contribution >= 0.6 is 0 Å². The normalized spacial score (nSPS) is 11.1. The Morgan fingerprint density at radius 3 is 2.53 bits per heavy atom. The third kappa shape index (κ3) is 3.97. The molecule has 0 spiro atoms. The zero-order valence-electron chi connectivity index (χ0n) is 9.30. The SMILES string of the molecule is COC(=O)c1ccc(C)cc1OCC(F)(F)F. The lowest BCUT2D eigenvalue weighted by Crippen LogP contribution is -2.20. The van der Waals surface area contributed by atoms with Gasteiger partial charge in [-0.25, -0.2) is 4.79 Å². The lowest BCUT2D eigenvalue weighted by molar-refractivity contribution is -0.153. The summed E-state index contributed by atoms with van der Waals surface area (Å²) in [5.41, 5.74) is 0.664. The maximum atomic E-state index is 12.0. The summed E-state index contributed by atoms with van der Waals surface area (Å²) in [6, 6.07) is 4.32. The van der Waals surface area contributed by atoms with E-state index < -0.39 is 18.8 Å². The first-order chi connectivity index (χ1) is 7.83. The molecule has 0 fully saturated rings. The van der Waals surface area contributed by atoms with E-state index in [9.17, 15) is 18.0 Å². The minimum absolute atomic E-state index is 0.0256. The van der Waals surface area contributed by atoms with Crippen molar-refractivity contribution in [3.63, 3.8) is 0 Å². The van der Waals surface area contributed by atoms with Gasteiger partial charge >= 0.3 is 12.1 Å². The predicted molar refractivity (Wildman–Crippen MR) is 54.1 cm³/mol. The summed E-state index contributed by atoms with van der Waals surface area (Å²) in [5.74, 6) is -0.864. The van der Waals surface area contributed by atoms with Crippen molar-refractivity contribution in [2.24, 2.45) is 0 Å². The molecule has 1 aromatic rings. The highest BCUT2D eigenvalue weighted by atomic mass is 19.4. The molecule has 0 aliphatic carbocycles. The molecule has 0 radical (unpaired) electrons. The monoisotopic (exact) mass is 248 g/mol. The number of methoxy groups -OCH3 is 1. The Bertz CT molecular complexity index is 413. The van der Waals surface area contributed by atoms with Gasteiger partial charge in [-0.3, -0.25) is 0 Å². The Hall–Kier alpha value is -1.72. The Kier molecular flexibility index (Phi) is 3.98. The fraction of sp³-hybridized carbons (Fsp3) is 0.364. The second-order valence-corrected chi connectivity index (χ2v) is 3.40. The molecule has 0 unspecified atom stereocenters. The standard InChI is InChI=1S/C11H11F3O3/c1-7-3-4-8(10(15)16-2)9(5-7)17-6-11(12,13)14/h3-5H,6H2,1-2H3. The van der Waals surface area contributed by atoms with Crippen LogP contribution in [0, 0.1) is 6.92 Å². The number of hydrogen-bond donors (Lipinski definition) is 0. The van der Waals surface area contributed by atoms with Crippen LogP contribution in [0.15, 0.2) is 18.2 Å². The van der Waals surface area contributed by atoms with E-state index in [-0.39, 0.29) is 11.3 Å². The van der Waals surface area contributed by atoms with Crippen LogP contribution in [0.25, 0.3) is 0 Å². The number of esters is 1. The first-order valence-electron chi connectivity index (χ1n) is 4.72. The van der Waals surface area contributed by atoms with E-state index >= 15 is 0 Å². The third-order valence-electron chi connectivity index (χ3n) is 1.93. The van der Waals surface area contributed by atoms with Crippen LogP contribution in [0.4, 0.5) is 13.2 Å². The van der Waals surface area contributed by atoms with Crippen molar-refractivity contribution in [2.45, 2.75) is 13.1 Å². The van der Waals surface area contributed by atoms with Crippen LogP contribution in [-0.4, -0.2) is 25.9 Å². The molecule has 0 aliphatic heterocycles. The van der Waals surface area contributed by atoms with Gasteiger partial charge in [0.25, 0.3) is 0 Å². The minimum atomic E-state index is -4.45. The lowest BCUT2D eigenvalue weighted by atomic mass is 10.1. The molecule has 0 aliphatic rings. The zero-order valence-corrected chi connectivity index (χ0v) is 9.30. The van der Waals surface area contributed by atoms with E-state index in [0.29, 0.717) is 5.56 Å². The Morgan fingerprint density at radius 2 is 2.00 bits per heavy atom. The topological polar surface area (TPSA) is 35.5 Å². The summed E-state index contributed by atoms with van der Waals surface area (Å²) in [4.78, 5) is 11.3. The van der Waals surface area contributed by atoms with E-state index in [2.05, 4.69) is 9.47 Å². The number of rotatable bonds is 3. The highest BCUT2D eigenvalue weighted by molar-refractivity contribution is 5.92. The van der Waals surface area contributed by atoms with Crippen LogP contribution in [0.2, 0.25) is 0 Å². The van der Waals surface area contributed by atoms with E-state index in [1.54, 1.807) is 13.0 Å². The van der Waals surface area contributed by atoms with Crippen molar-refractivity contribution in [1.29, 1.82) is 0 Å². The zero-order chi connectivity index (χ0) is 13.1. The highest BCUT2D eigenvalue weighted by Crippen LogP contribution is 2.24. The van der Waals surface area contributed by atoms with Crippen LogP contribution in [0.1, 0.15) is 15.9 Å². The molecule has 17 heavy (non-hydrogen) atoms. The average Bonchev–Trinajstić information content (AvgIpc) is 2.24. The smallest absolute Gasteiger partial charge is 0.422 e. The maximum Gasteiger partial charge on any atom is 0.422 e. The molecule has 6 heteroatoms. The summed E-state index contributed by atoms with van der Waals surface area (Å²) in [5, 5.41) is 0. The van der Waals surface area contributed by atoms with Crippen molar-refractivity contribution in [3.05, 3.63) is 29.3 Å². The van der Waals surface area contributed by atoms with Gasteiger partial charge in [0.2, 0.25) is 0 Å². The fourth-order valence-corrected chi connectivity index (χ4v) is 1.19. The molecular weight excluding hydrogens is 237 g/mol. The van der Waals surface area contributed by atoms with E-state index in [4.69, 9.17) is 0 Å². The number of aryl methyl sites for hydroxylation is 1. The predicted octanol–water partition coefficient (Wildman–Crippen LogP) is 2.72. The van der Waals surface area contributed by atoms with Gasteiger partial charge in [-0.2, -0.15) is 13.2 Å².